The van der Waals surface area contributed by atoms with Crippen LogP contribution in [0.1, 0.15) is 34.1 Å². The van der Waals surface area contributed by atoms with Crippen LogP contribution in [0.25, 0.3) is 16.9 Å². The smallest absolute Gasteiger partial charge is 0.335 e. The highest BCUT2D eigenvalue weighted by Gasteiger charge is 2.13. The minimum absolute atomic E-state index is 0.0880. The van der Waals surface area contributed by atoms with Gasteiger partial charge in [0.2, 0.25) is 0 Å². The van der Waals surface area contributed by atoms with Crippen molar-refractivity contribution >= 4 is 36.4 Å². The molecule has 33 heavy (non-hydrogen) atoms. The zero-order valence-corrected chi connectivity index (χ0v) is 21.5. The molecule has 4 aromatic rings. The van der Waals surface area contributed by atoms with Gasteiger partial charge in [-0.05, 0) is 73.9 Å². The summed E-state index contributed by atoms with van der Waals surface area (Å²) in [6.45, 7) is 6.04. The first-order valence-electron chi connectivity index (χ1n) is 10.5. The highest BCUT2D eigenvalue weighted by molar-refractivity contribution is 9.10. The van der Waals surface area contributed by atoms with Crippen LogP contribution in [0.3, 0.4) is 0 Å². The summed E-state index contributed by atoms with van der Waals surface area (Å²) in [5.74, 6) is -1.01. The van der Waals surface area contributed by atoms with Crippen LogP contribution in [0.2, 0.25) is 0 Å². The van der Waals surface area contributed by atoms with E-state index in [1.54, 1.807) is 24.3 Å². The Balaban J connectivity index is 0.000000257. The van der Waals surface area contributed by atoms with Gasteiger partial charge in [-0.25, -0.2) is 9.18 Å². The topological polar surface area (TPSA) is 42.2 Å². The van der Waals surface area contributed by atoms with Gasteiger partial charge in [0.15, 0.2) is 0 Å². The SMILES string of the molecule is CCc1cccc(P)c1F.Cc1ccc(Br)cc1-c1ccc(C)n1-c1cccc(C(=O)O)c1. The number of hydrogen-bond acceptors (Lipinski definition) is 1. The van der Waals surface area contributed by atoms with Crippen LogP contribution in [-0.4, -0.2) is 15.6 Å². The van der Waals surface area contributed by atoms with Crippen LogP contribution in [-0.2, 0) is 6.42 Å². The maximum atomic E-state index is 13.0. The molecule has 3 nitrogen and oxygen atoms in total. The Bertz CT molecular complexity index is 1300. The molecule has 1 aromatic heterocycles. The van der Waals surface area contributed by atoms with Crippen molar-refractivity contribution in [3.05, 3.63) is 105 Å². The summed E-state index contributed by atoms with van der Waals surface area (Å²) in [6, 6.07) is 22.7. The van der Waals surface area contributed by atoms with E-state index in [1.165, 1.54) is 5.56 Å². The van der Waals surface area contributed by atoms with Crippen molar-refractivity contribution in [1.29, 1.82) is 0 Å². The largest absolute Gasteiger partial charge is 0.478 e. The quantitative estimate of drug-likeness (QED) is 0.288. The Morgan fingerprint density at radius 1 is 1.03 bits per heavy atom. The normalized spacial score (nSPS) is 10.5. The Labute approximate surface area is 204 Å². The van der Waals surface area contributed by atoms with Gasteiger partial charge in [0.05, 0.1) is 11.3 Å². The predicted octanol–water partition coefficient (Wildman–Crippen LogP) is 7.11. The lowest BCUT2D eigenvalue weighted by Crippen LogP contribution is -2.03. The van der Waals surface area contributed by atoms with E-state index in [-0.39, 0.29) is 11.4 Å². The van der Waals surface area contributed by atoms with Gasteiger partial charge in [-0.3, -0.25) is 0 Å². The number of benzene rings is 3. The molecule has 0 amide bonds. The summed E-state index contributed by atoms with van der Waals surface area (Å²) >= 11 is 3.52. The average Bonchev–Trinajstić information content (AvgIpc) is 3.19. The number of carboxylic acids is 1. The third kappa shape index (κ3) is 5.79. The lowest BCUT2D eigenvalue weighted by atomic mass is 10.1. The molecule has 0 aliphatic heterocycles. The van der Waals surface area contributed by atoms with E-state index < -0.39 is 5.97 Å². The van der Waals surface area contributed by atoms with Crippen molar-refractivity contribution in [1.82, 2.24) is 4.57 Å². The number of aromatic nitrogens is 1. The maximum absolute atomic E-state index is 13.0. The minimum Gasteiger partial charge on any atom is -0.478 e. The molecule has 6 heteroatoms. The minimum atomic E-state index is -0.920. The lowest BCUT2D eigenvalue weighted by molar-refractivity contribution is 0.0697. The molecule has 1 atom stereocenters. The van der Waals surface area contributed by atoms with Crippen molar-refractivity contribution in [2.75, 3.05) is 0 Å². The Morgan fingerprint density at radius 2 is 1.76 bits per heavy atom. The Morgan fingerprint density at radius 3 is 2.42 bits per heavy atom. The molecule has 0 bridgehead atoms. The fourth-order valence-corrected chi connectivity index (χ4v) is 4.27. The molecule has 0 radical (unpaired) electrons. The molecule has 1 heterocycles. The van der Waals surface area contributed by atoms with Gasteiger partial charge in [0.1, 0.15) is 5.82 Å². The number of hydrogen-bond donors (Lipinski definition) is 1. The fraction of sp³-hybridized carbons (Fsp3) is 0.148. The molecular weight excluding hydrogens is 500 g/mol. The molecule has 3 aromatic carbocycles. The molecule has 0 aliphatic carbocycles. The van der Waals surface area contributed by atoms with E-state index in [1.807, 2.05) is 44.2 Å². The van der Waals surface area contributed by atoms with Crippen LogP contribution >= 0.6 is 25.2 Å². The van der Waals surface area contributed by atoms with E-state index in [2.05, 4.69) is 54.9 Å². The average molecular weight is 526 g/mol. The first-order valence-corrected chi connectivity index (χ1v) is 11.9. The van der Waals surface area contributed by atoms with Crippen molar-refractivity contribution in [2.24, 2.45) is 0 Å². The number of carbonyl (C=O) groups is 1. The number of aryl methyl sites for hydroxylation is 3. The standard InChI is InChI=1S/C19H16BrNO2.C8H10FP/c1-12-6-8-15(20)11-17(12)18-9-7-13(2)21(18)16-5-3-4-14(10-16)19(22)23;1-2-6-4-3-5-7(10)8(6)9/h3-11H,1-2H3,(H,22,23);3-5H,2,10H2,1H3. The van der Waals surface area contributed by atoms with Crippen LogP contribution in [0.5, 0.6) is 0 Å². The van der Waals surface area contributed by atoms with Gasteiger partial charge in [0.25, 0.3) is 0 Å². The van der Waals surface area contributed by atoms with Crippen LogP contribution in [0.15, 0.2) is 77.3 Å². The van der Waals surface area contributed by atoms with Crippen molar-refractivity contribution in [2.45, 2.75) is 27.2 Å². The van der Waals surface area contributed by atoms with E-state index in [9.17, 15) is 14.3 Å². The van der Waals surface area contributed by atoms with E-state index >= 15 is 0 Å². The molecule has 0 saturated heterocycles. The molecule has 4 rings (SSSR count). The molecule has 0 fully saturated rings. The molecule has 0 spiro atoms. The van der Waals surface area contributed by atoms with Crippen LogP contribution in [0, 0.1) is 19.7 Å². The van der Waals surface area contributed by atoms with Gasteiger partial charge in [-0.1, -0.05) is 53.2 Å². The maximum Gasteiger partial charge on any atom is 0.335 e. The van der Waals surface area contributed by atoms with E-state index in [0.29, 0.717) is 5.30 Å². The Hall–Kier alpha value is -2.75. The molecule has 0 saturated carbocycles. The number of aromatic carboxylic acids is 1. The van der Waals surface area contributed by atoms with Gasteiger partial charge in [-0.2, -0.15) is 0 Å². The van der Waals surface area contributed by atoms with E-state index in [0.717, 1.165) is 39.1 Å². The van der Waals surface area contributed by atoms with Crippen LogP contribution < -0.4 is 5.30 Å². The van der Waals surface area contributed by atoms with Gasteiger partial charge in [-0.15, -0.1) is 9.24 Å². The zero-order valence-electron chi connectivity index (χ0n) is 18.8. The van der Waals surface area contributed by atoms with E-state index in [4.69, 9.17) is 0 Å². The number of halogens is 2. The van der Waals surface area contributed by atoms with Crippen molar-refractivity contribution in [3.63, 3.8) is 0 Å². The van der Waals surface area contributed by atoms with Gasteiger partial charge in [0, 0.05) is 26.7 Å². The zero-order chi connectivity index (χ0) is 24.1. The van der Waals surface area contributed by atoms with Crippen LogP contribution in [0.4, 0.5) is 4.39 Å². The highest BCUT2D eigenvalue weighted by atomic mass is 79.9. The summed E-state index contributed by atoms with van der Waals surface area (Å²) in [6.07, 6.45) is 0.758. The van der Waals surface area contributed by atoms with Gasteiger partial charge < -0.3 is 9.67 Å². The molecular formula is C27H26BrFNO2P. The molecule has 170 valence electrons. The predicted molar refractivity (Wildman–Crippen MR) is 140 cm³/mol. The monoisotopic (exact) mass is 525 g/mol. The van der Waals surface area contributed by atoms with Gasteiger partial charge >= 0.3 is 5.97 Å². The molecule has 1 unspecified atom stereocenters. The number of carboxylic acid groups (broad SMARTS) is 1. The third-order valence-corrected chi connectivity index (χ3v) is 6.33. The summed E-state index contributed by atoms with van der Waals surface area (Å²) in [4.78, 5) is 11.2. The fourth-order valence-electron chi connectivity index (χ4n) is 3.61. The van der Waals surface area contributed by atoms with Crippen molar-refractivity contribution in [3.8, 4) is 16.9 Å². The molecule has 1 N–H and O–H groups in total. The number of nitrogens with zero attached hydrogens (tertiary/aromatic N) is 1. The lowest BCUT2D eigenvalue weighted by Gasteiger charge is -2.14. The second-order valence-corrected chi connectivity index (χ2v) is 9.22. The summed E-state index contributed by atoms with van der Waals surface area (Å²) in [7, 11) is 2.38. The second-order valence-electron chi connectivity index (χ2n) is 7.68. The summed E-state index contributed by atoms with van der Waals surface area (Å²) in [5, 5.41) is 9.88. The highest BCUT2D eigenvalue weighted by Crippen LogP contribution is 2.31. The first-order chi connectivity index (χ1) is 15.7. The number of rotatable bonds is 4. The first kappa shape index (κ1) is 24.9. The second kappa shape index (κ2) is 10.9. The summed E-state index contributed by atoms with van der Waals surface area (Å²) < 4.78 is 16.1. The molecule has 0 aliphatic rings. The Kier molecular flexibility index (Phi) is 8.23. The summed E-state index contributed by atoms with van der Waals surface area (Å²) in [5.41, 5.74) is 6.31. The van der Waals surface area contributed by atoms with Crippen molar-refractivity contribution < 1.29 is 14.3 Å². The third-order valence-electron chi connectivity index (χ3n) is 5.39.